The molecule has 122 valence electrons. The normalized spacial score (nSPS) is 11.4. The van der Waals surface area contributed by atoms with Crippen LogP contribution in [0.25, 0.3) is 0 Å². The molecule has 0 heterocycles. The largest absolute Gasteiger partial charge is 0.385 e. The Morgan fingerprint density at radius 1 is 1.19 bits per heavy atom. The Morgan fingerprint density at radius 3 is 2.43 bits per heavy atom. The number of nitrogens with two attached hydrogens (primary N) is 1. The molecule has 1 aromatic rings. The van der Waals surface area contributed by atoms with Crippen LogP contribution in [0.3, 0.4) is 0 Å². The molecular formula is C14H25ClN2O3S. The van der Waals surface area contributed by atoms with Crippen molar-refractivity contribution < 1.29 is 13.2 Å². The minimum absolute atomic E-state index is 0. The number of hydrogen-bond acceptors (Lipinski definition) is 4. The first kappa shape index (κ1) is 20.3. The highest BCUT2D eigenvalue weighted by molar-refractivity contribution is 7.89. The maximum Gasteiger partial charge on any atom is 0.214 e. The lowest BCUT2D eigenvalue weighted by atomic mass is 10.2. The molecule has 0 atom stereocenters. The molecule has 0 saturated heterocycles. The molecule has 1 rings (SSSR count). The van der Waals surface area contributed by atoms with Crippen LogP contribution in [-0.2, 0) is 21.3 Å². The molecule has 5 nitrogen and oxygen atoms in total. The van der Waals surface area contributed by atoms with Crippen LogP contribution in [0.1, 0.15) is 18.4 Å². The second-order valence-corrected chi connectivity index (χ2v) is 6.71. The maximum atomic E-state index is 12.3. The van der Waals surface area contributed by atoms with Gasteiger partial charge in [-0.1, -0.05) is 30.3 Å². The summed E-state index contributed by atoms with van der Waals surface area (Å²) in [4.78, 5) is 0. The van der Waals surface area contributed by atoms with Crippen LogP contribution in [0, 0.1) is 0 Å². The van der Waals surface area contributed by atoms with Crippen LogP contribution in [-0.4, -0.2) is 45.3 Å². The zero-order valence-corrected chi connectivity index (χ0v) is 14.0. The fourth-order valence-corrected chi connectivity index (χ4v) is 3.38. The molecule has 21 heavy (non-hydrogen) atoms. The van der Waals surface area contributed by atoms with E-state index >= 15 is 0 Å². The van der Waals surface area contributed by atoms with Gasteiger partial charge in [0.05, 0.1) is 5.75 Å². The van der Waals surface area contributed by atoms with E-state index in [0.717, 1.165) is 5.56 Å². The topological polar surface area (TPSA) is 72.6 Å². The second kappa shape index (κ2) is 11.0. The monoisotopic (exact) mass is 336 g/mol. The molecule has 1 aromatic carbocycles. The van der Waals surface area contributed by atoms with Crippen LogP contribution >= 0.6 is 12.4 Å². The van der Waals surface area contributed by atoms with E-state index in [1.54, 1.807) is 7.11 Å². The lowest BCUT2D eigenvalue weighted by Gasteiger charge is -2.22. The van der Waals surface area contributed by atoms with Gasteiger partial charge in [0.25, 0.3) is 0 Å². The van der Waals surface area contributed by atoms with Crippen LogP contribution in [0.5, 0.6) is 0 Å². The summed E-state index contributed by atoms with van der Waals surface area (Å²) in [5, 5.41) is 0. The van der Waals surface area contributed by atoms with E-state index < -0.39 is 10.0 Å². The van der Waals surface area contributed by atoms with Gasteiger partial charge in [0.15, 0.2) is 0 Å². The highest BCUT2D eigenvalue weighted by Crippen LogP contribution is 2.11. The summed E-state index contributed by atoms with van der Waals surface area (Å²) in [5.41, 5.74) is 6.48. The van der Waals surface area contributed by atoms with E-state index in [2.05, 4.69) is 0 Å². The molecule has 0 aliphatic heterocycles. The van der Waals surface area contributed by atoms with Crippen molar-refractivity contribution in [3.8, 4) is 0 Å². The maximum absolute atomic E-state index is 12.3. The van der Waals surface area contributed by atoms with Gasteiger partial charge in [-0.3, -0.25) is 0 Å². The van der Waals surface area contributed by atoms with E-state index in [0.29, 0.717) is 39.1 Å². The van der Waals surface area contributed by atoms with Crippen molar-refractivity contribution in [2.45, 2.75) is 19.4 Å². The predicted molar refractivity (Wildman–Crippen MR) is 88.1 cm³/mol. The minimum atomic E-state index is -3.27. The lowest BCUT2D eigenvalue weighted by Crippen LogP contribution is -2.34. The van der Waals surface area contributed by atoms with Gasteiger partial charge in [0.1, 0.15) is 0 Å². The van der Waals surface area contributed by atoms with Crippen molar-refractivity contribution >= 4 is 22.4 Å². The van der Waals surface area contributed by atoms with Gasteiger partial charge in [0, 0.05) is 26.8 Å². The zero-order chi connectivity index (χ0) is 14.8. The van der Waals surface area contributed by atoms with Crippen molar-refractivity contribution in [2.24, 2.45) is 5.73 Å². The van der Waals surface area contributed by atoms with Crippen LogP contribution < -0.4 is 5.73 Å². The third-order valence-corrected chi connectivity index (χ3v) is 4.86. The van der Waals surface area contributed by atoms with Gasteiger partial charge < -0.3 is 10.5 Å². The average molecular weight is 337 g/mol. The van der Waals surface area contributed by atoms with Crippen LogP contribution in [0.4, 0.5) is 0 Å². The molecule has 0 aliphatic rings. The number of methoxy groups -OCH3 is 1. The van der Waals surface area contributed by atoms with Crippen molar-refractivity contribution in [3.05, 3.63) is 35.9 Å². The van der Waals surface area contributed by atoms with E-state index in [-0.39, 0.29) is 18.2 Å². The van der Waals surface area contributed by atoms with Gasteiger partial charge >= 0.3 is 0 Å². The number of halogens is 1. The summed E-state index contributed by atoms with van der Waals surface area (Å²) >= 11 is 0. The van der Waals surface area contributed by atoms with E-state index in [1.807, 2.05) is 30.3 Å². The molecule has 0 bridgehead atoms. The number of rotatable bonds is 10. The Bertz CT molecular complexity index is 468. The SMILES string of the molecule is COCCCS(=O)(=O)N(CCCN)Cc1ccccc1.Cl. The number of benzene rings is 1. The molecule has 0 aromatic heterocycles. The number of nitrogens with zero attached hydrogens (tertiary/aromatic N) is 1. The van der Waals surface area contributed by atoms with Gasteiger partial charge in [-0.25, -0.2) is 8.42 Å². The van der Waals surface area contributed by atoms with Gasteiger partial charge in [0.2, 0.25) is 10.0 Å². The highest BCUT2D eigenvalue weighted by Gasteiger charge is 2.21. The smallest absolute Gasteiger partial charge is 0.214 e. The average Bonchev–Trinajstić information content (AvgIpc) is 2.44. The second-order valence-electron chi connectivity index (χ2n) is 4.62. The van der Waals surface area contributed by atoms with Crippen molar-refractivity contribution in [1.82, 2.24) is 4.31 Å². The third-order valence-electron chi connectivity index (χ3n) is 2.96. The molecule has 0 aliphatic carbocycles. The van der Waals surface area contributed by atoms with E-state index in [1.165, 1.54) is 4.31 Å². The Hall–Kier alpha value is -0.660. The first-order chi connectivity index (χ1) is 9.60. The Morgan fingerprint density at radius 2 is 1.86 bits per heavy atom. The molecular weight excluding hydrogens is 312 g/mol. The van der Waals surface area contributed by atoms with Crippen LogP contribution in [0.15, 0.2) is 30.3 Å². The number of hydrogen-bond donors (Lipinski definition) is 1. The van der Waals surface area contributed by atoms with Gasteiger partial charge in [-0.15, -0.1) is 12.4 Å². The number of sulfonamides is 1. The molecule has 7 heteroatoms. The fraction of sp³-hybridized carbons (Fsp3) is 0.571. The molecule has 0 radical (unpaired) electrons. The van der Waals surface area contributed by atoms with Crippen molar-refractivity contribution in [3.63, 3.8) is 0 Å². The minimum Gasteiger partial charge on any atom is -0.385 e. The van der Waals surface area contributed by atoms with E-state index in [9.17, 15) is 8.42 Å². The zero-order valence-electron chi connectivity index (χ0n) is 12.4. The third kappa shape index (κ3) is 7.78. The Labute approximate surface area is 133 Å². The summed E-state index contributed by atoms with van der Waals surface area (Å²) in [6.07, 6.45) is 1.17. The summed E-state index contributed by atoms with van der Waals surface area (Å²) < 4.78 is 31.1. The van der Waals surface area contributed by atoms with Crippen molar-refractivity contribution in [1.29, 1.82) is 0 Å². The van der Waals surface area contributed by atoms with Crippen molar-refractivity contribution in [2.75, 3.05) is 32.6 Å². The molecule has 0 amide bonds. The first-order valence-electron chi connectivity index (χ1n) is 6.81. The van der Waals surface area contributed by atoms with E-state index in [4.69, 9.17) is 10.5 Å². The molecule has 0 fully saturated rings. The Kier molecular flexibility index (Phi) is 10.6. The standard InChI is InChI=1S/C14H24N2O3S.ClH/c1-19-11-6-12-20(17,18)16(10-5-9-15)13-14-7-3-2-4-8-14;/h2-4,7-8H,5-6,9-13,15H2,1H3;1H. The molecule has 2 N–H and O–H groups in total. The fourth-order valence-electron chi connectivity index (χ4n) is 1.89. The molecule has 0 spiro atoms. The summed E-state index contributed by atoms with van der Waals surface area (Å²) in [6.45, 7) is 1.80. The lowest BCUT2D eigenvalue weighted by molar-refractivity contribution is 0.199. The summed E-state index contributed by atoms with van der Waals surface area (Å²) in [6, 6.07) is 9.60. The number of ether oxygens (including phenoxy) is 1. The highest BCUT2D eigenvalue weighted by atomic mass is 35.5. The van der Waals surface area contributed by atoms with Gasteiger partial charge in [-0.2, -0.15) is 4.31 Å². The predicted octanol–water partition coefficient (Wildman–Crippen LogP) is 1.63. The Balaban J connectivity index is 0.00000400. The summed E-state index contributed by atoms with van der Waals surface area (Å²) in [7, 11) is -1.70. The molecule has 0 saturated carbocycles. The van der Waals surface area contributed by atoms with Gasteiger partial charge in [-0.05, 0) is 24.9 Å². The first-order valence-corrected chi connectivity index (χ1v) is 8.42. The summed E-state index contributed by atoms with van der Waals surface area (Å²) in [5.74, 6) is 0.109. The quantitative estimate of drug-likeness (QED) is 0.659. The van der Waals surface area contributed by atoms with Crippen LogP contribution in [0.2, 0.25) is 0 Å². The molecule has 0 unspecified atom stereocenters.